The van der Waals surface area contributed by atoms with Crippen LogP contribution >= 0.6 is 0 Å². The number of nitrogens with zero attached hydrogens (tertiary/aromatic N) is 1. The first kappa shape index (κ1) is 19.5. The van der Waals surface area contributed by atoms with Gasteiger partial charge in [0.05, 0.1) is 4.90 Å². The SMILES string of the molecule is Cc1ccc(C(=O)NCc2ccccc2S(=O)(=O)N2CCCCC2)cc1F. The van der Waals surface area contributed by atoms with Crippen LogP contribution in [0.2, 0.25) is 0 Å². The van der Waals surface area contributed by atoms with Gasteiger partial charge in [0.2, 0.25) is 10.0 Å². The fourth-order valence-corrected chi connectivity index (χ4v) is 4.90. The van der Waals surface area contributed by atoms with E-state index >= 15 is 0 Å². The van der Waals surface area contributed by atoms with Crippen molar-refractivity contribution in [3.63, 3.8) is 0 Å². The summed E-state index contributed by atoms with van der Waals surface area (Å²) in [7, 11) is -3.60. The van der Waals surface area contributed by atoms with Gasteiger partial charge in [-0.25, -0.2) is 12.8 Å². The monoisotopic (exact) mass is 390 g/mol. The average molecular weight is 390 g/mol. The van der Waals surface area contributed by atoms with Gasteiger partial charge in [-0.15, -0.1) is 0 Å². The lowest BCUT2D eigenvalue weighted by atomic mass is 10.1. The highest BCUT2D eigenvalue weighted by molar-refractivity contribution is 7.89. The minimum Gasteiger partial charge on any atom is -0.348 e. The van der Waals surface area contributed by atoms with Gasteiger partial charge in [-0.3, -0.25) is 4.79 Å². The smallest absolute Gasteiger partial charge is 0.251 e. The molecule has 0 spiro atoms. The molecule has 0 aliphatic carbocycles. The van der Waals surface area contributed by atoms with Crippen molar-refractivity contribution >= 4 is 15.9 Å². The fraction of sp³-hybridized carbons (Fsp3) is 0.350. The molecule has 27 heavy (non-hydrogen) atoms. The van der Waals surface area contributed by atoms with Crippen LogP contribution in [-0.4, -0.2) is 31.7 Å². The first-order valence-electron chi connectivity index (χ1n) is 9.02. The van der Waals surface area contributed by atoms with Gasteiger partial charge < -0.3 is 5.32 Å². The van der Waals surface area contributed by atoms with Crippen LogP contribution in [0.5, 0.6) is 0 Å². The number of carbonyl (C=O) groups excluding carboxylic acids is 1. The van der Waals surface area contributed by atoms with Crippen molar-refractivity contribution in [1.82, 2.24) is 9.62 Å². The van der Waals surface area contributed by atoms with Crippen molar-refractivity contribution in [2.75, 3.05) is 13.1 Å². The largest absolute Gasteiger partial charge is 0.348 e. The molecule has 2 aromatic rings. The van der Waals surface area contributed by atoms with Gasteiger partial charge in [0.25, 0.3) is 5.91 Å². The lowest BCUT2D eigenvalue weighted by molar-refractivity contribution is 0.0950. The molecule has 144 valence electrons. The van der Waals surface area contributed by atoms with E-state index < -0.39 is 21.7 Å². The molecule has 0 bridgehead atoms. The Balaban J connectivity index is 1.78. The quantitative estimate of drug-likeness (QED) is 0.852. The summed E-state index contributed by atoms with van der Waals surface area (Å²) in [6.45, 7) is 2.72. The molecule has 1 aliphatic rings. The number of benzene rings is 2. The van der Waals surface area contributed by atoms with Crippen molar-refractivity contribution < 1.29 is 17.6 Å². The van der Waals surface area contributed by atoms with Gasteiger partial charge in [0.15, 0.2) is 0 Å². The van der Waals surface area contributed by atoms with Crippen molar-refractivity contribution in [2.45, 2.75) is 37.6 Å². The number of hydrogen-bond acceptors (Lipinski definition) is 3. The highest BCUT2D eigenvalue weighted by Crippen LogP contribution is 2.23. The summed E-state index contributed by atoms with van der Waals surface area (Å²) in [5.74, 6) is -0.894. The van der Waals surface area contributed by atoms with Crippen molar-refractivity contribution in [3.8, 4) is 0 Å². The Labute approximate surface area is 159 Å². The van der Waals surface area contributed by atoms with Crippen molar-refractivity contribution in [2.24, 2.45) is 0 Å². The van der Waals surface area contributed by atoms with Crippen LogP contribution in [0.15, 0.2) is 47.4 Å². The van der Waals surface area contributed by atoms with Crippen LogP contribution in [0, 0.1) is 12.7 Å². The van der Waals surface area contributed by atoms with Gasteiger partial charge in [-0.2, -0.15) is 4.31 Å². The van der Waals surface area contributed by atoms with Gasteiger partial charge in [-0.05, 0) is 49.1 Å². The summed E-state index contributed by atoms with van der Waals surface area (Å²) >= 11 is 0. The molecule has 0 aromatic heterocycles. The molecule has 1 aliphatic heterocycles. The number of rotatable bonds is 5. The number of piperidine rings is 1. The zero-order valence-corrected chi connectivity index (χ0v) is 16.1. The minimum atomic E-state index is -3.60. The zero-order valence-electron chi connectivity index (χ0n) is 15.2. The maximum atomic E-state index is 13.7. The molecule has 0 unspecified atom stereocenters. The maximum Gasteiger partial charge on any atom is 0.251 e. The minimum absolute atomic E-state index is 0.0531. The Kier molecular flexibility index (Phi) is 5.92. The molecule has 1 saturated heterocycles. The standard InChI is InChI=1S/C20H23FN2O3S/c1-15-9-10-16(13-18(15)21)20(24)22-14-17-7-3-4-8-19(17)27(25,26)23-11-5-2-6-12-23/h3-4,7-10,13H,2,5-6,11-12,14H2,1H3,(H,22,24). The van der Waals surface area contributed by atoms with E-state index in [1.807, 2.05) is 0 Å². The predicted octanol–water partition coefficient (Wildman–Crippen LogP) is 3.24. The Morgan fingerprint density at radius 3 is 2.52 bits per heavy atom. The first-order chi connectivity index (χ1) is 12.9. The third kappa shape index (κ3) is 4.36. The van der Waals surface area contributed by atoms with Gasteiger partial charge in [0, 0.05) is 25.2 Å². The number of amides is 1. The Morgan fingerprint density at radius 1 is 1.11 bits per heavy atom. The third-order valence-corrected chi connectivity index (χ3v) is 6.78. The first-order valence-corrected chi connectivity index (χ1v) is 10.5. The second-order valence-electron chi connectivity index (χ2n) is 6.72. The van der Waals surface area contributed by atoms with Crippen LogP contribution < -0.4 is 5.32 Å². The van der Waals surface area contributed by atoms with Crippen molar-refractivity contribution in [3.05, 3.63) is 65.0 Å². The number of halogens is 1. The Bertz CT molecular complexity index is 938. The summed E-state index contributed by atoms with van der Waals surface area (Å²) in [6.07, 6.45) is 2.76. The molecule has 1 amide bonds. The third-order valence-electron chi connectivity index (χ3n) is 4.78. The van der Waals surface area contributed by atoms with Gasteiger partial charge in [-0.1, -0.05) is 30.7 Å². The second kappa shape index (κ2) is 8.19. The van der Waals surface area contributed by atoms with Crippen LogP contribution in [0.1, 0.15) is 40.7 Å². The predicted molar refractivity (Wildman–Crippen MR) is 101 cm³/mol. The number of carbonyl (C=O) groups is 1. The normalized spacial score (nSPS) is 15.5. The molecule has 1 fully saturated rings. The van der Waals surface area contributed by atoms with Crippen LogP contribution in [0.25, 0.3) is 0 Å². The molecule has 7 heteroatoms. The van der Waals surface area contributed by atoms with Gasteiger partial charge in [0.1, 0.15) is 5.82 Å². The molecule has 1 heterocycles. The van der Waals surface area contributed by atoms with E-state index in [0.29, 0.717) is 24.2 Å². The topological polar surface area (TPSA) is 66.5 Å². The summed E-state index contributed by atoms with van der Waals surface area (Å²) in [4.78, 5) is 12.5. The van der Waals surface area contributed by atoms with Crippen LogP contribution in [0.3, 0.4) is 0 Å². The molecule has 0 radical (unpaired) electrons. The summed E-state index contributed by atoms with van der Waals surface area (Å²) in [5, 5.41) is 2.69. The number of aryl methyl sites for hydroxylation is 1. The van der Waals surface area contributed by atoms with Crippen molar-refractivity contribution in [1.29, 1.82) is 0 Å². The van der Waals surface area contributed by atoms with E-state index in [0.717, 1.165) is 19.3 Å². The van der Waals surface area contributed by atoms with E-state index in [4.69, 9.17) is 0 Å². The lowest BCUT2D eigenvalue weighted by Gasteiger charge is -2.26. The van der Waals surface area contributed by atoms with Gasteiger partial charge >= 0.3 is 0 Å². The molecule has 3 rings (SSSR count). The Morgan fingerprint density at radius 2 is 1.81 bits per heavy atom. The van der Waals surface area contributed by atoms with E-state index in [1.54, 1.807) is 43.3 Å². The highest BCUT2D eigenvalue weighted by atomic mass is 32.2. The van der Waals surface area contributed by atoms with Crippen LogP contribution in [-0.2, 0) is 16.6 Å². The molecule has 0 atom stereocenters. The van der Waals surface area contributed by atoms with Crippen LogP contribution in [0.4, 0.5) is 4.39 Å². The molecule has 1 N–H and O–H groups in total. The van der Waals surface area contributed by atoms with E-state index in [2.05, 4.69) is 5.32 Å². The number of nitrogens with one attached hydrogen (secondary N) is 1. The number of sulfonamides is 1. The number of hydrogen-bond donors (Lipinski definition) is 1. The van der Waals surface area contributed by atoms with E-state index in [1.165, 1.54) is 10.4 Å². The highest BCUT2D eigenvalue weighted by Gasteiger charge is 2.27. The Hall–Kier alpha value is -2.25. The summed E-state index contributed by atoms with van der Waals surface area (Å²) in [6, 6.07) is 10.9. The zero-order chi connectivity index (χ0) is 19.4. The van der Waals surface area contributed by atoms with E-state index in [9.17, 15) is 17.6 Å². The summed E-state index contributed by atoms with van der Waals surface area (Å²) < 4.78 is 41.1. The average Bonchev–Trinajstić information content (AvgIpc) is 2.69. The fourth-order valence-electron chi connectivity index (χ4n) is 3.16. The summed E-state index contributed by atoms with van der Waals surface area (Å²) in [5.41, 5.74) is 1.18. The molecular formula is C20H23FN2O3S. The molecule has 0 saturated carbocycles. The molecular weight excluding hydrogens is 367 g/mol. The second-order valence-corrected chi connectivity index (χ2v) is 8.63. The maximum absolute atomic E-state index is 13.7. The lowest BCUT2D eigenvalue weighted by Crippen LogP contribution is -2.36. The molecule has 5 nitrogen and oxygen atoms in total. The van der Waals surface area contributed by atoms with E-state index in [-0.39, 0.29) is 17.0 Å². The molecule has 2 aromatic carbocycles.